The first-order valence-corrected chi connectivity index (χ1v) is 14.9. The number of carbonyl (C=O) groups excluding carboxylic acids is 2. The van der Waals surface area contributed by atoms with Crippen LogP contribution in [0, 0.1) is 35.5 Å². The molecule has 3 aliphatic carbocycles. The monoisotopic (exact) mass is 570 g/mol. The van der Waals surface area contributed by atoms with Gasteiger partial charge in [-0.2, -0.15) is 0 Å². The molecular formula is C28H46N2O10. The molecule has 0 aromatic rings. The maximum atomic E-state index is 14.0. The number of hydrogen-bond acceptors (Lipinski definition) is 12. The first kappa shape index (κ1) is 30.4. The Morgan fingerprint density at radius 3 is 2.30 bits per heavy atom. The minimum absolute atomic E-state index is 0.0483. The third-order valence-electron chi connectivity index (χ3n) is 10.3. The van der Waals surface area contributed by atoms with E-state index in [2.05, 4.69) is 5.32 Å². The van der Waals surface area contributed by atoms with Gasteiger partial charge in [-0.05, 0) is 56.9 Å². The van der Waals surface area contributed by atoms with Crippen LogP contribution in [0.5, 0.6) is 0 Å². The molecule has 12 nitrogen and oxygen atoms in total. The lowest BCUT2D eigenvalue weighted by molar-refractivity contribution is -0.319. The molecule has 3 saturated carbocycles. The standard InChI is InChI=1S/C28H46N2O10/c1-38-14-8-16-22(18(9-14)39-28-27(37)26(36)24(34)19(11-31)40-28)25(35)21-15(23(16)33)6-13(7-17(21)32)3-2-12-4-5-20(29)30-10-12/h12-22,24,26-28,30-32,34,36-37H,2-11,29H2,1H3/t12?,13?,14?,15?,16?,17?,18?,19-,20?,21?,22?,24-,26+,27-,28+/m1/s1. The number of hydrogen-bond donors (Lipinski definition) is 7. The fraction of sp³-hybridized carbons (Fsp3) is 0.929. The molecule has 2 heterocycles. The van der Waals surface area contributed by atoms with Crippen LogP contribution in [0.15, 0.2) is 0 Å². The molecule has 2 aliphatic heterocycles. The SMILES string of the molecule is COC1CC(O[C@H]2O[C@H](CO)[C@@H](O)[C@H](O)[C@H]2O)C2C(=O)C3C(O)CC(CCC4CCC(N)NC4)CC3C(=O)C2C1. The number of ether oxygens (including phenoxy) is 3. The number of Topliss-reactive ketones (excluding diaryl/α,β-unsaturated/α-hetero) is 2. The number of piperidine rings is 1. The van der Waals surface area contributed by atoms with E-state index in [0.29, 0.717) is 25.2 Å². The molecule has 12 heteroatoms. The lowest BCUT2D eigenvalue weighted by Crippen LogP contribution is -2.63. The van der Waals surface area contributed by atoms with Crippen molar-refractivity contribution in [3.63, 3.8) is 0 Å². The van der Waals surface area contributed by atoms with E-state index in [1.165, 1.54) is 7.11 Å². The molecule has 5 aliphatic rings. The lowest BCUT2D eigenvalue weighted by Gasteiger charge is -2.51. The van der Waals surface area contributed by atoms with Gasteiger partial charge in [-0.1, -0.05) is 6.42 Å². The van der Waals surface area contributed by atoms with Gasteiger partial charge >= 0.3 is 0 Å². The second-order valence-corrected chi connectivity index (χ2v) is 12.7. The summed E-state index contributed by atoms with van der Waals surface area (Å²) in [5, 5.41) is 54.9. The summed E-state index contributed by atoms with van der Waals surface area (Å²) in [7, 11) is 1.53. The van der Waals surface area contributed by atoms with Crippen molar-refractivity contribution in [3.05, 3.63) is 0 Å². The van der Waals surface area contributed by atoms with E-state index in [0.717, 1.165) is 32.2 Å². The minimum Gasteiger partial charge on any atom is -0.394 e. The summed E-state index contributed by atoms with van der Waals surface area (Å²) in [6, 6.07) is 0. The number of fused-ring (bicyclic) bond motifs is 2. The fourth-order valence-corrected chi connectivity index (χ4v) is 7.98. The predicted octanol–water partition coefficient (Wildman–Crippen LogP) is -1.57. The maximum absolute atomic E-state index is 14.0. The largest absolute Gasteiger partial charge is 0.394 e. The summed E-state index contributed by atoms with van der Waals surface area (Å²) in [5.74, 6) is -2.45. The molecule has 228 valence electrons. The molecule has 2 saturated heterocycles. The van der Waals surface area contributed by atoms with Crippen LogP contribution >= 0.6 is 0 Å². The van der Waals surface area contributed by atoms with Gasteiger partial charge < -0.3 is 50.8 Å². The van der Waals surface area contributed by atoms with Crippen LogP contribution in [0.3, 0.4) is 0 Å². The Hall–Kier alpha value is -1.06. The molecule has 15 atom stereocenters. The summed E-state index contributed by atoms with van der Waals surface area (Å²) in [6.07, 6.45) is -3.98. The number of ketones is 2. The number of carbonyl (C=O) groups is 2. The van der Waals surface area contributed by atoms with Crippen molar-refractivity contribution in [2.75, 3.05) is 20.3 Å². The molecule has 0 bridgehead atoms. The molecule has 8 N–H and O–H groups in total. The topological polar surface area (TPSA) is 201 Å². The zero-order chi connectivity index (χ0) is 28.7. The predicted molar refractivity (Wildman–Crippen MR) is 139 cm³/mol. The Bertz CT molecular complexity index is 898. The molecule has 0 aromatic carbocycles. The van der Waals surface area contributed by atoms with E-state index in [4.69, 9.17) is 19.9 Å². The average molecular weight is 571 g/mol. The van der Waals surface area contributed by atoms with Gasteiger partial charge in [-0.15, -0.1) is 0 Å². The number of aliphatic hydroxyl groups excluding tert-OH is 5. The average Bonchev–Trinajstić information content (AvgIpc) is 2.95. The van der Waals surface area contributed by atoms with E-state index in [1.54, 1.807) is 0 Å². The number of nitrogens with one attached hydrogen (secondary N) is 1. The van der Waals surface area contributed by atoms with Gasteiger partial charge in [0.2, 0.25) is 0 Å². The van der Waals surface area contributed by atoms with E-state index >= 15 is 0 Å². The Labute approximate surface area is 234 Å². The molecule has 0 radical (unpaired) electrons. The van der Waals surface area contributed by atoms with E-state index in [1.807, 2.05) is 0 Å². The number of methoxy groups -OCH3 is 1. The highest BCUT2D eigenvalue weighted by Gasteiger charge is 2.59. The third kappa shape index (κ3) is 5.90. The van der Waals surface area contributed by atoms with Gasteiger partial charge in [-0.3, -0.25) is 9.59 Å². The van der Waals surface area contributed by atoms with E-state index < -0.39 is 73.2 Å². The second-order valence-electron chi connectivity index (χ2n) is 12.7. The molecule has 0 aromatic heterocycles. The highest BCUT2D eigenvalue weighted by Crippen LogP contribution is 2.50. The van der Waals surface area contributed by atoms with Crippen molar-refractivity contribution >= 4 is 11.6 Å². The lowest BCUT2D eigenvalue weighted by atomic mass is 9.55. The minimum atomic E-state index is -1.63. The zero-order valence-electron chi connectivity index (χ0n) is 23.1. The van der Waals surface area contributed by atoms with Gasteiger partial charge in [0.15, 0.2) is 6.29 Å². The molecule has 40 heavy (non-hydrogen) atoms. The summed E-state index contributed by atoms with van der Waals surface area (Å²) in [5.41, 5.74) is 5.94. The molecule has 0 amide bonds. The van der Waals surface area contributed by atoms with Crippen LogP contribution in [-0.4, -0.2) is 113 Å². The summed E-state index contributed by atoms with van der Waals surface area (Å²) in [4.78, 5) is 27.9. The van der Waals surface area contributed by atoms with Gasteiger partial charge in [0.1, 0.15) is 36.0 Å². The first-order chi connectivity index (χ1) is 19.1. The summed E-state index contributed by atoms with van der Waals surface area (Å²) < 4.78 is 17.2. The summed E-state index contributed by atoms with van der Waals surface area (Å²) in [6.45, 7) is 0.263. The fourth-order valence-electron chi connectivity index (χ4n) is 7.98. The first-order valence-electron chi connectivity index (χ1n) is 14.9. The van der Waals surface area contributed by atoms with Crippen LogP contribution < -0.4 is 11.1 Å². The Balaban J connectivity index is 1.30. The van der Waals surface area contributed by atoms with Crippen LogP contribution in [-0.2, 0) is 23.8 Å². The molecule has 10 unspecified atom stereocenters. The summed E-state index contributed by atoms with van der Waals surface area (Å²) >= 11 is 0. The van der Waals surface area contributed by atoms with Crippen LogP contribution in [0.4, 0.5) is 0 Å². The van der Waals surface area contributed by atoms with Crippen molar-refractivity contribution in [1.29, 1.82) is 0 Å². The zero-order valence-corrected chi connectivity index (χ0v) is 23.1. The van der Waals surface area contributed by atoms with Gasteiger partial charge in [0.25, 0.3) is 0 Å². The van der Waals surface area contributed by atoms with Crippen molar-refractivity contribution in [3.8, 4) is 0 Å². The van der Waals surface area contributed by atoms with E-state index in [9.17, 15) is 35.1 Å². The van der Waals surface area contributed by atoms with Gasteiger partial charge in [0.05, 0.1) is 42.9 Å². The number of aliphatic hydroxyl groups is 5. The van der Waals surface area contributed by atoms with Crippen LogP contribution in [0.1, 0.15) is 51.4 Å². The third-order valence-corrected chi connectivity index (χ3v) is 10.3. The van der Waals surface area contributed by atoms with Gasteiger partial charge in [-0.25, -0.2) is 0 Å². The molecule has 5 rings (SSSR count). The quantitative estimate of drug-likeness (QED) is 0.186. The molecular weight excluding hydrogens is 524 g/mol. The van der Waals surface area contributed by atoms with Crippen molar-refractivity contribution in [2.45, 2.75) is 107 Å². The molecule has 5 fully saturated rings. The van der Waals surface area contributed by atoms with Gasteiger partial charge in [0, 0.05) is 25.4 Å². The van der Waals surface area contributed by atoms with Crippen LogP contribution in [0.2, 0.25) is 0 Å². The smallest absolute Gasteiger partial charge is 0.186 e. The highest BCUT2D eigenvalue weighted by atomic mass is 16.7. The highest BCUT2D eigenvalue weighted by molar-refractivity contribution is 6.00. The normalized spacial score (nSPS) is 49.8. The van der Waals surface area contributed by atoms with E-state index in [-0.39, 0.29) is 36.2 Å². The Kier molecular flexibility index (Phi) is 9.62. The van der Waals surface area contributed by atoms with Crippen molar-refractivity contribution < 1.29 is 49.3 Å². The second kappa shape index (κ2) is 12.7. The van der Waals surface area contributed by atoms with Crippen molar-refractivity contribution in [2.24, 2.45) is 41.2 Å². The Morgan fingerprint density at radius 1 is 0.900 bits per heavy atom. The maximum Gasteiger partial charge on any atom is 0.186 e. The Morgan fingerprint density at radius 2 is 1.62 bits per heavy atom. The van der Waals surface area contributed by atoms with Crippen molar-refractivity contribution in [1.82, 2.24) is 5.32 Å². The van der Waals surface area contributed by atoms with Crippen LogP contribution in [0.25, 0.3) is 0 Å². The number of nitrogens with two attached hydrogens (primary N) is 1. The number of rotatable bonds is 7. The molecule has 0 spiro atoms.